The third-order valence-corrected chi connectivity index (χ3v) is 5.98. The van der Waals surface area contributed by atoms with Crippen molar-refractivity contribution in [3.05, 3.63) is 0 Å². The SMILES string of the molecule is CCCCCCCC1OC2(C)OC(=N)C(C#N)(C2CCC)C1(C#N)C#N. The summed E-state index contributed by atoms with van der Waals surface area (Å²) in [5, 5.41) is 38.4. The van der Waals surface area contributed by atoms with E-state index >= 15 is 0 Å². The molecule has 26 heavy (non-hydrogen) atoms. The first kappa shape index (κ1) is 20.2. The second kappa shape index (κ2) is 7.65. The Labute approximate surface area is 156 Å². The van der Waals surface area contributed by atoms with Gasteiger partial charge in [-0.15, -0.1) is 0 Å². The van der Waals surface area contributed by atoms with E-state index in [1.807, 2.05) is 6.92 Å². The second-order valence-corrected chi connectivity index (χ2v) is 7.55. The predicted molar refractivity (Wildman–Crippen MR) is 95.6 cm³/mol. The highest BCUT2D eigenvalue weighted by molar-refractivity contribution is 5.89. The fourth-order valence-corrected chi connectivity index (χ4v) is 4.63. The van der Waals surface area contributed by atoms with Crippen LogP contribution in [-0.2, 0) is 9.47 Å². The van der Waals surface area contributed by atoms with Gasteiger partial charge in [-0.1, -0.05) is 52.4 Å². The molecule has 0 aromatic rings. The van der Waals surface area contributed by atoms with Gasteiger partial charge in [-0.25, -0.2) is 0 Å². The van der Waals surface area contributed by atoms with Gasteiger partial charge in [0.15, 0.2) is 10.8 Å². The van der Waals surface area contributed by atoms with Gasteiger partial charge in [-0.3, -0.25) is 5.41 Å². The zero-order chi connectivity index (χ0) is 19.4. The third-order valence-electron chi connectivity index (χ3n) is 5.98. The zero-order valence-electron chi connectivity index (χ0n) is 16.0. The van der Waals surface area contributed by atoms with Crippen LogP contribution in [0.25, 0.3) is 0 Å². The average Bonchev–Trinajstić information content (AvgIpc) is 2.79. The van der Waals surface area contributed by atoms with Crippen molar-refractivity contribution < 1.29 is 9.47 Å². The predicted octanol–water partition coefficient (Wildman–Crippen LogP) is 4.43. The van der Waals surface area contributed by atoms with E-state index < -0.39 is 28.6 Å². The van der Waals surface area contributed by atoms with Gasteiger partial charge in [0, 0.05) is 6.92 Å². The minimum atomic E-state index is -1.72. The summed E-state index contributed by atoms with van der Waals surface area (Å²) in [6.07, 6.45) is 6.28. The van der Waals surface area contributed by atoms with E-state index in [4.69, 9.17) is 14.9 Å². The molecule has 0 aliphatic carbocycles. The van der Waals surface area contributed by atoms with Crippen LogP contribution in [0.2, 0.25) is 0 Å². The van der Waals surface area contributed by atoms with Crippen LogP contribution in [0, 0.1) is 56.2 Å². The smallest absolute Gasteiger partial charge is 0.214 e. The van der Waals surface area contributed by atoms with Crippen molar-refractivity contribution in [1.29, 1.82) is 21.2 Å². The van der Waals surface area contributed by atoms with Crippen molar-refractivity contribution in [2.24, 2.45) is 16.7 Å². The fraction of sp³-hybridized carbons (Fsp3) is 0.800. The minimum Gasteiger partial charge on any atom is -0.448 e. The van der Waals surface area contributed by atoms with E-state index in [2.05, 4.69) is 25.1 Å². The summed E-state index contributed by atoms with van der Waals surface area (Å²) in [6, 6.07) is 6.37. The molecule has 0 amide bonds. The summed E-state index contributed by atoms with van der Waals surface area (Å²) in [4.78, 5) is 0. The van der Waals surface area contributed by atoms with Gasteiger partial charge in [0.1, 0.15) is 0 Å². The Hall–Kier alpha value is -2.10. The summed E-state index contributed by atoms with van der Waals surface area (Å²) >= 11 is 0. The summed E-state index contributed by atoms with van der Waals surface area (Å²) in [6.45, 7) is 5.86. The highest BCUT2D eigenvalue weighted by atomic mass is 16.7. The number of hydrogen-bond donors (Lipinski definition) is 1. The lowest BCUT2D eigenvalue weighted by molar-refractivity contribution is -0.272. The summed E-state index contributed by atoms with van der Waals surface area (Å²) < 4.78 is 11.9. The molecule has 0 saturated carbocycles. The van der Waals surface area contributed by atoms with Crippen molar-refractivity contribution in [3.8, 4) is 18.2 Å². The molecule has 0 radical (unpaired) electrons. The first-order valence-electron chi connectivity index (χ1n) is 9.62. The van der Waals surface area contributed by atoms with Crippen LogP contribution in [-0.4, -0.2) is 17.8 Å². The topological polar surface area (TPSA) is 114 Å². The van der Waals surface area contributed by atoms with Gasteiger partial charge >= 0.3 is 0 Å². The van der Waals surface area contributed by atoms with E-state index in [-0.39, 0.29) is 5.90 Å². The van der Waals surface area contributed by atoms with Crippen LogP contribution in [0.5, 0.6) is 0 Å². The molecular formula is C20H28N4O2. The Bertz CT molecular complexity index is 657. The summed E-state index contributed by atoms with van der Waals surface area (Å²) in [5.74, 6) is -1.93. The van der Waals surface area contributed by atoms with E-state index in [1.165, 1.54) is 0 Å². The number of unbranched alkanes of at least 4 members (excludes halogenated alkanes) is 4. The Kier molecular flexibility index (Phi) is 5.94. The van der Waals surface area contributed by atoms with Crippen LogP contribution in [0.15, 0.2) is 0 Å². The number of nitrogens with zero attached hydrogens (tertiary/aromatic N) is 3. The molecule has 0 aromatic carbocycles. The first-order valence-corrected chi connectivity index (χ1v) is 9.62. The van der Waals surface area contributed by atoms with Gasteiger partial charge in [-0.05, 0) is 12.8 Å². The number of nitrogens with one attached hydrogen (secondary N) is 1. The van der Waals surface area contributed by atoms with E-state index in [1.54, 1.807) is 6.92 Å². The van der Waals surface area contributed by atoms with Crippen molar-refractivity contribution in [2.45, 2.75) is 84.0 Å². The van der Waals surface area contributed by atoms with E-state index in [0.29, 0.717) is 12.8 Å². The van der Waals surface area contributed by atoms with E-state index in [0.717, 1.165) is 38.5 Å². The summed E-state index contributed by atoms with van der Waals surface area (Å²) in [7, 11) is 0. The number of ether oxygens (including phenoxy) is 2. The molecular weight excluding hydrogens is 328 g/mol. The maximum absolute atomic E-state index is 10.1. The molecule has 2 rings (SSSR count). The number of fused-ring (bicyclic) bond motifs is 2. The van der Waals surface area contributed by atoms with Crippen LogP contribution in [0.1, 0.15) is 72.1 Å². The highest BCUT2D eigenvalue weighted by Gasteiger charge is 2.78. The molecule has 4 atom stereocenters. The fourth-order valence-electron chi connectivity index (χ4n) is 4.63. The first-order chi connectivity index (χ1) is 12.4. The van der Waals surface area contributed by atoms with Crippen LogP contribution >= 0.6 is 0 Å². The lowest BCUT2D eigenvalue weighted by atomic mass is 9.53. The van der Waals surface area contributed by atoms with Gasteiger partial charge in [-0.2, -0.15) is 15.8 Å². The molecule has 2 fully saturated rings. The van der Waals surface area contributed by atoms with Crippen molar-refractivity contribution in [1.82, 2.24) is 0 Å². The third kappa shape index (κ3) is 2.67. The normalized spacial score (nSPS) is 34.4. The molecule has 2 saturated heterocycles. The van der Waals surface area contributed by atoms with E-state index in [9.17, 15) is 15.8 Å². The molecule has 4 unspecified atom stereocenters. The lowest BCUT2D eigenvalue weighted by Crippen LogP contribution is -2.61. The Morgan fingerprint density at radius 3 is 2.15 bits per heavy atom. The molecule has 2 aliphatic heterocycles. The van der Waals surface area contributed by atoms with Crippen molar-refractivity contribution in [3.63, 3.8) is 0 Å². The summed E-state index contributed by atoms with van der Waals surface area (Å²) in [5.41, 5.74) is -3.30. The van der Waals surface area contributed by atoms with Crippen LogP contribution < -0.4 is 0 Å². The molecule has 6 heteroatoms. The molecule has 140 valence electrons. The average molecular weight is 356 g/mol. The molecule has 1 N–H and O–H groups in total. The van der Waals surface area contributed by atoms with Crippen molar-refractivity contribution >= 4 is 5.90 Å². The molecule has 6 nitrogen and oxygen atoms in total. The Morgan fingerprint density at radius 2 is 1.62 bits per heavy atom. The Morgan fingerprint density at radius 1 is 0.962 bits per heavy atom. The molecule has 2 aliphatic rings. The van der Waals surface area contributed by atoms with Gasteiger partial charge in [0.05, 0.1) is 30.2 Å². The lowest BCUT2D eigenvalue weighted by Gasteiger charge is -2.48. The largest absolute Gasteiger partial charge is 0.448 e. The number of nitriles is 3. The van der Waals surface area contributed by atoms with Crippen LogP contribution in [0.4, 0.5) is 0 Å². The standard InChI is InChI=1S/C20H28N4O2/c1-4-6-7-8-9-11-16-19(12-21,13-22)20(14-23)15(10-5-2)18(3,25-16)26-17(20)24/h15-16,24H,4-11H2,1-3H3. The Balaban J connectivity index is 2.42. The second-order valence-electron chi connectivity index (χ2n) is 7.55. The van der Waals surface area contributed by atoms with Crippen molar-refractivity contribution in [2.75, 3.05) is 0 Å². The monoisotopic (exact) mass is 356 g/mol. The zero-order valence-corrected chi connectivity index (χ0v) is 16.0. The maximum atomic E-state index is 10.1. The minimum absolute atomic E-state index is 0.294. The molecule has 2 heterocycles. The quantitative estimate of drug-likeness (QED) is 0.646. The van der Waals surface area contributed by atoms with Crippen LogP contribution in [0.3, 0.4) is 0 Å². The maximum Gasteiger partial charge on any atom is 0.214 e. The van der Waals surface area contributed by atoms with Gasteiger partial charge in [0.25, 0.3) is 0 Å². The van der Waals surface area contributed by atoms with Gasteiger partial charge < -0.3 is 9.47 Å². The van der Waals surface area contributed by atoms with Gasteiger partial charge in [0.2, 0.25) is 11.7 Å². The molecule has 2 bridgehead atoms. The molecule has 0 aromatic heterocycles. The molecule has 0 spiro atoms. The highest BCUT2D eigenvalue weighted by Crippen LogP contribution is 2.64. The number of hydrogen-bond acceptors (Lipinski definition) is 6. The number of rotatable bonds is 8.